The van der Waals surface area contributed by atoms with Crippen LogP contribution in [0, 0.1) is 0 Å². The smallest absolute Gasteiger partial charge is 0.152 e. The minimum absolute atomic E-state index is 0.610. The van der Waals surface area contributed by atoms with E-state index in [0.717, 1.165) is 17.5 Å². The van der Waals surface area contributed by atoms with Crippen LogP contribution < -0.4 is 4.90 Å². The molecule has 19 heavy (non-hydrogen) atoms. The number of nitrogens with zero attached hydrogens (tertiary/aromatic N) is 1. The number of halogens is 2. The van der Waals surface area contributed by atoms with Crippen LogP contribution in [-0.2, 0) is 6.54 Å². The van der Waals surface area contributed by atoms with Gasteiger partial charge in [0.15, 0.2) is 6.29 Å². The van der Waals surface area contributed by atoms with Gasteiger partial charge in [-0.15, -0.1) is 0 Å². The molecule has 2 aromatic carbocycles. The van der Waals surface area contributed by atoms with E-state index in [0.29, 0.717) is 22.2 Å². The van der Waals surface area contributed by atoms with E-state index in [4.69, 9.17) is 23.2 Å². The zero-order valence-corrected chi connectivity index (χ0v) is 11.9. The number of hydrogen-bond acceptors (Lipinski definition) is 2. The average Bonchev–Trinajstić information content (AvgIpc) is 2.38. The average molecular weight is 294 g/mol. The maximum atomic E-state index is 11.1. The Hall–Kier alpha value is -1.51. The summed E-state index contributed by atoms with van der Waals surface area (Å²) in [5.74, 6) is 0. The second-order valence-electron chi connectivity index (χ2n) is 4.31. The minimum atomic E-state index is 0.610. The van der Waals surface area contributed by atoms with Crippen LogP contribution in [0.3, 0.4) is 0 Å². The van der Waals surface area contributed by atoms with Gasteiger partial charge in [-0.1, -0.05) is 35.3 Å². The fraction of sp³-hybridized carbons (Fsp3) is 0.133. The third-order valence-electron chi connectivity index (χ3n) is 2.84. The molecule has 0 aromatic heterocycles. The number of anilines is 1. The Bertz CT molecular complexity index is 598. The van der Waals surface area contributed by atoms with E-state index < -0.39 is 0 Å². The standard InChI is InChI=1S/C15H13Cl2NO/c1-18(9-11-3-2-4-13(16)7-11)15-8-14(17)6-5-12(15)10-19/h2-8,10H,9H2,1H3. The monoisotopic (exact) mass is 293 g/mol. The van der Waals surface area contributed by atoms with Crippen molar-refractivity contribution in [1.82, 2.24) is 0 Å². The van der Waals surface area contributed by atoms with Gasteiger partial charge >= 0.3 is 0 Å². The summed E-state index contributed by atoms with van der Waals surface area (Å²) in [6.45, 7) is 0.655. The molecule has 0 heterocycles. The molecule has 0 atom stereocenters. The second kappa shape index (κ2) is 6.09. The van der Waals surface area contributed by atoms with Crippen molar-refractivity contribution in [2.45, 2.75) is 6.54 Å². The van der Waals surface area contributed by atoms with Crippen molar-refractivity contribution in [2.24, 2.45) is 0 Å². The number of aldehydes is 1. The zero-order valence-electron chi connectivity index (χ0n) is 10.4. The lowest BCUT2D eigenvalue weighted by Crippen LogP contribution is -2.17. The highest BCUT2D eigenvalue weighted by molar-refractivity contribution is 6.31. The van der Waals surface area contributed by atoms with Crippen molar-refractivity contribution in [3.8, 4) is 0 Å². The summed E-state index contributed by atoms with van der Waals surface area (Å²) in [7, 11) is 1.92. The highest BCUT2D eigenvalue weighted by atomic mass is 35.5. The second-order valence-corrected chi connectivity index (χ2v) is 5.18. The molecule has 2 nitrogen and oxygen atoms in total. The molecule has 0 aliphatic heterocycles. The molecule has 0 unspecified atom stereocenters. The number of carbonyl (C=O) groups excluding carboxylic acids is 1. The van der Waals surface area contributed by atoms with Gasteiger partial charge in [-0.2, -0.15) is 0 Å². The summed E-state index contributed by atoms with van der Waals surface area (Å²) < 4.78 is 0. The normalized spacial score (nSPS) is 10.3. The van der Waals surface area contributed by atoms with E-state index in [-0.39, 0.29) is 0 Å². The first kappa shape index (κ1) is 13.9. The molecule has 0 aliphatic carbocycles. The molecule has 0 aliphatic rings. The predicted octanol–water partition coefficient (Wildman–Crippen LogP) is 4.44. The minimum Gasteiger partial charge on any atom is -0.370 e. The van der Waals surface area contributed by atoms with Gasteiger partial charge in [0.05, 0.1) is 0 Å². The summed E-state index contributed by atoms with van der Waals surface area (Å²) in [5, 5.41) is 1.31. The van der Waals surface area contributed by atoms with Crippen LogP contribution in [0.15, 0.2) is 42.5 Å². The SMILES string of the molecule is CN(Cc1cccc(Cl)c1)c1cc(Cl)ccc1C=O. The topological polar surface area (TPSA) is 20.3 Å². The first-order valence-corrected chi connectivity index (χ1v) is 6.56. The van der Waals surface area contributed by atoms with Crippen molar-refractivity contribution in [3.05, 3.63) is 63.6 Å². The Kier molecular flexibility index (Phi) is 4.46. The lowest BCUT2D eigenvalue weighted by atomic mass is 10.1. The van der Waals surface area contributed by atoms with Gasteiger partial charge in [-0.25, -0.2) is 0 Å². The van der Waals surface area contributed by atoms with Gasteiger partial charge in [0.2, 0.25) is 0 Å². The largest absolute Gasteiger partial charge is 0.370 e. The van der Waals surface area contributed by atoms with Crippen molar-refractivity contribution < 1.29 is 4.79 Å². The van der Waals surface area contributed by atoms with Crippen LogP contribution in [0.2, 0.25) is 10.0 Å². The molecule has 0 amide bonds. The van der Waals surface area contributed by atoms with E-state index in [1.54, 1.807) is 18.2 Å². The lowest BCUT2D eigenvalue weighted by molar-refractivity contribution is 0.112. The Morgan fingerprint density at radius 1 is 1.11 bits per heavy atom. The van der Waals surface area contributed by atoms with Crippen molar-refractivity contribution >= 4 is 35.2 Å². The van der Waals surface area contributed by atoms with Gasteiger partial charge in [-0.05, 0) is 35.9 Å². The molecule has 98 valence electrons. The summed E-state index contributed by atoms with van der Waals surface area (Å²) in [5.41, 5.74) is 2.50. The fourth-order valence-electron chi connectivity index (χ4n) is 1.94. The number of benzene rings is 2. The molecule has 0 fully saturated rings. The highest BCUT2D eigenvalue weighted by Gasteiger charge is 2.08. The molecule has 0 saturated carbocycles. The molecular formula is C15H13Cl2NO. The number of rotatable bonds is 4. The van der Waals surface area contributed by atoms with Gasteiger partial charge in [0.1, 0.15) is 0 Å². The summed E-state index contributed by atoms with van der Waals surface area (Å²) in [6, 6.07) is 12.9. The van der Waals surface area contributed by atoms with Crippen LogP contribution in [0.25, 0.3) is 0 Å². The van der Waals surface area contributed by atoms with Crippen LogP contribution in [0.1, 0.15) is 15.9 Å². The van der Waals surface area contributed by atoms with Crippen LogP contribution in [0.4, 0.5) is 5.69 Å². The van der Waals surface area contributed by atoms with Gasteiger partial charge in [0, 0.05) is 34.9 Å². The van der Waals surface area contributed by atoms with E-state index in [1.165, 1.54) is 0 Å². The zero-order chi connectivity index (χ0) is 13.8. The molecular weight excluding hydrogens is 281 g/mol. The maximum absolute atomic E-state index is 11.1. The summed E-state index contributed by atoms with van der Waals surface area (Å²) >= 11 is 11.9. The Morgan fingerprint density at radius 3 is 2.53 bits per heavy atom. The van der Waals surface area contributed by atoms with Crippen molar-refractivity contribution in [2.75, 3.05) is 11.9 Å². The molecule has 0 spiro atoms. The van der Waals surface area contributed by atoms with Gasteiger partial charge in [0.25, 0.3) is 0 Å². The number of hydrogen-bond donors (Lipinski definition) is 0. The summed E-state index contributed by atoms with van der Waals surface area (Å²) in [4.78, 5) is 13.0. The van der Waals surface area contributed by atoms with Crippen molar-refractivity contribution in [1.29, 1.82) is 0 Å². The first-order valence-electron chi connectivity index (χ1n) is 5.80. The Labute approximate surface area is 122 Å². The quantitative estimate of drug-likeness (QED) is 0.777. The van der Waals surface area contributed by atoms with Crippen molar-refractivity contribution in [3.63, 3.8) is 0 Å². The van der Waals surface area contributed by atoms with Gasteiger partial charge < -0.3 is 4.90 Å². The molecule has 4 heteroatoms. The maximum Gasteiger partial charge on any atom is 0.152 e. The Balaban J connectivity index is 2.26. The molecule has 2 aromatic rings. The first-order chi connectivity index (χ1) is 9.10. The van der Waals surface area contributed by atoms with E-state index in [2.05, 4.69) is 0 Å². The number of carbonyl (C=O) groups is 1. The fourth-order valence-corrected chi connectivity index (χ4v) is 2.32. The van der Waals surface area contributed by atoms with E-state index >= 15 is 0 Å². The van der Waals surface area contributed by atoms with Crippen LogP contribution in [0.5, 0.6) is 0 Å². The highest BCUT2D eigenvalue weighted by Crippen LogP contribution is 2.24. The summed E-state index contributed by atoms with van der Waals surface area (Å²) in [6.07, 6.45) is 0.833. The third-order valence-corrected chi connectivity index (χ3v) is 3.31. The van der Waals surface area contributed by atoms with Crippen LogP contribution >= 0.6 is 23.2 Å². The molecule has 2 rings (SSSR count). The third kappa shape index (κ3) is 3.49. The molecule has 0 radical (unpaired) electrons. The predicted molar refractivity (Wildman–Crippen MR) is 80.4 cm³/mol. The van der Waals surface area contributed by atoms with E-state index in [1.807, 2.05) is 36.2 Å². The lowest BCUT2D eigenvalue weighted by Gasteiger charge is -2.21. The molecule has 0 bridgehead atoms. The molecule has 0 saturated heterocycles. The van der Waals surface area contributed by atoms with Crippen LogP contribution in [-0.4, -0.2) is 13.3 Å². The molecule has 0 N–H and O–H groups in total. The Morgan fingerprint density at radius 2 is 1.84 bits per heavy atom. The van der Waals surface area contributed by atoms with Gasteiger partial charge in [-0.3, -0.25) is 4.79 Å². The van der Waals surface area contributed by atoms with E-state index in [9.17, 15) is 4.79 Å².